The number of para-hydroxylation sites is 4. The van der Waals surface area contributed by atoms with E-state index in [1.807, 2.05) is 0 Å². The van der Waals surface area contributed by atoms with Gasteiger partial charge in [-0.25, -0.2) is 0 Å². The first-order valence-corrected chi connectivity index (χ1v) is 15.4. The zero-order valence-corrected chi connectivity index (χ0v) is 26.7. The van der Waals surface area contributed by atoms with Crippen LogP contribution >= 0.6 is 0 Å². The maximum atomic E-state index is 11.4. The number of non-ortho nitro benzene ring substituents is 2. The molecule has 1 spiro atoms. The fraction of sp³-hybridized carbons (Fsp3) is 0.0857. The summed E-state index contributed by atoms with van der Waals surface area (Å²) in [7, 11) is 0. The molecule has 0 saturated carbocycles. The van der Waals surface area contributed by atoms with Gasteiger partial charge in [-0.15, -0.1) is 0 Å². The van der Waals surface area contributed by atoms with Crippen molar-refractivity contribution in [3.63, 3.8) is 0 Å². The van der Waals surface area contributed by atoms with Crippen LogP contribution in [-0.2, 0) is 0 Å². The fourth-order valence-corrected chi connectivity index (χ4v) is 5.51. The fourth-order valence-electron chi connectivity index (χ4n) is 5.51. The van der Waals surface area contributed by atoms with Gasteiger partial charge < -0.3 is 18.9 Å². The van der Waals surface area contributed by atoms with Gasteiger partial charge >= 0.3 is 6.16 Å². The van der Waals surface area contributed by atoms with E-state index >= 15 is 0 Å². The number of nitro groups is 2. The molecule has 2 aliphatic rings. The normalized spacial score (nSPS) is 15.7. The first-order valence-electron chi connectivity index (χ1n) is 15.4. The summed E-state index contributed by atoms with van der Waals surface area (Å²) in [5.41, 5.74) is 3.31. The van der Waals surface area contributed by atoms with Crippen LogP contribution in [0.15, 0.2) is 107 Å². The predicted octanol–water partition coefficient (Wildman–Crippen LogP) is 6.85. The summed E-state index contributed by atoms with van der Waals surface area (Å²) in [6, 6.07) is 25.4. The van der Waals surface area contributed by atoms with Gasteiger partial charge in [0.2, 0.25) is 11.8 Å². The standard InChI is InChI=1S/C35H24N8O8/c1-21-27-19-36-29-7-3-5-9-31(29)48-35(50-33(27)40(38-21)23-11-15-25(16-12-23)42(44)45)49-32-10-6-4-8-30(32)37-20-28-22(2)39-41(34(28)51-35)24-13-17-26(18-14-24)43(46)47/h3-20H,1-2H3. The van der Waals surface area contributed by atoms with Crippen LogP contribution in [0.1, 0.15) is 22.5 Å². The number of aliphatic imine (C=N–C) groups is 2. The number of nitro benzene ring substituents is 2. The van der Waals surface area contributed by atoms with E-state index in [9.17, 15) is 20.2 Å². The highest BCUT2D eigenvalue weighted by molar-refractivity contribution is 5.88. The smallest absolute Gasteiger partial charge is 0.384 e. The van der Waals surface area contributed by atoms with E-state index in [-0.39, 0.29) is 34.6 Å². The van der Waals surface area contributed by atoms with Crippen molar-refractivity contribution in [1.82, 2.24) is 19.6 Å². The van der Waals surface area contributed by atoms with E-state index in [2.05, 4.69) is 0 Å². The Balaban J connectivity index is 1.38. The molecule has 0 amide bonds. The Kier molecular flexibility index (Phi) is 7.25. The molecule has 16 nitrogen and oxygen atoms in total. The van der Waals surface area contributed by atoms with Gasteiger partial charge in [0.05, 0.1) is 43.7 Å². The second-order valence-corrected chi connectivity index (χ2v) is 11.3. The molecule has 252 valence electrons. The number of ether oxygens (including phenoxy) is 4. The summed E-state index contributed by atoms with van der Waals surface area (Å²) < 4.78 is 29.6. The average molecular weight is 685 g/mol. The van der Waals surface area contributed by atoms with Crippen molar-refractivity contribution in [3.05, 3.63) is 140 Å². The Morgan fingerprint density at radius 1 is 0.569 bits per heavy atom. The van der Waals surface area contributed by atoms with Crippen LogP contribution in [0, 0.1) is 34.1 Å². The molecule has 51 heavy (non-hydrogen) atoms. The minimum Gasteiger partial charge on any atom is -0.384 e. The molecule has 0 unspecified atom stereocenters. The summed E-state index contributed by atoms with van der Waals surface area (Å²) in [6.07, 6.45) is 0.653. The van der Waals surface area contributed by atoms with Gasteiger partial charge in [0.15, 0.2) is 11.5 Å². The third-order valence-corrected chi connectivity index (χ3v) is 8.04. The molecule has 2 aromatic heterocycles. The van der Waals surface area contributed by atoms with Gasteiger partial charge in [-0.05, 0) is 62.4 Å². The Hall–Kier alpha value is -7.36. The van der Waals surface area contributed by atoms with E-state index in [1.165, 1.54) is 57.9 Å². The molecule has 16 heteroatoms. The minimum absolute atomic E-state index is 0.0650. The van der Waals surface area contributed by atoms with Crippen molar-refractivity contribution in [1.29, 1.82) is 0 Å². The molecule has 0 atom stereocenters. The van der Waals surface area contributed by atoms with Gasteiger partial charge in [0.25, 0.3) is 11.4 Å². The van der Waals surface area contributed by atoms with Crippen LogP contribution in [0.4, 0.5) is 22.7 Å². The van der Waals surface area contributed by atoms with Crippen LogP contribution < -0.4 is 18.9 Å². The molecule has 0 aliphatic carbocycles. The number of benzene rings is 4. The van der Waals surface area contributed by atoms with Crippen LogP contribution in [0.5, 0.6) is 23.3 Å². The molecular formula is C35H24N8O8. The highest BCUT2D eigenvalue weighted by Gasteiger charge is 2.49. The monoisotopic (exact) mass is 684 g/mol. The predicted molar refractivity (Wildman–Crippen MR) is 183 cm³/mol. The molecule has 0 fully saturated rings. The van der Waals surface area contributed by atoms with Gasteiger partial charge in [0, 0.05) is 36.7 Å². The van der Waals surface area contributed by atoms with Crippen molar-refractivity contribution >= 4 is 35.2 Å². The van der Waals surface area contributed by atoms with Gasteiger partial charge in [-0.1, -0.05) is 24.3 Å². The molecular weight excluding hydrogens is 660 g/mol. The molecule has 4 heterocycles. The number of hydrogen-bond acceptors (Lipinski definition) is 12. The van der Waals surface area contributed by atoms with E-state index in [0.717, 1.165) is 0 Å². The Morgan fingerprint density at radius 2 is 0.961 bits per heavy atom. The van der Waals surface area contributed by atoms with Crippen molar-refractivity contribution in [2.24, 2.45) is 9.98 Å². The molecule has 0 bridgehead atoms. The van der Waals surface area contributed by atoms with Crippen LogP contribution in [0.2, 0.25) is 0 Å². The zero-order chi connectivity index (χ0) is 35.3. The first-order chi connectivity index (χ1) is 24.7. The van der Waals surface area contributed by atoms with Gasteiger partial charge in [0.1, 0.15) is 11.4 Å². The van der Waals surface area contributed by atoms with Crippen molar-refractivity contribution < 1.29 is 28.8 Å². The molecule has 6 aromatic rings. The maximum absolute atomic E-state index is 11.4. The Labute approximate surface area is 287 Å². The lowest BCUT2D eigenvalue weighted by molar-refractivity contribution is -0.385. The molecule has 4 aromatic carbocycles. The Morgan fingerprint density at radius 3 is 1.35 bits per heavy atom. The number of fused-ring (bicyclic) bond motifs is 4. The van der Waals surface area contributed by atoms with Crippen molar-refractivity contribution in [3.8, 4) is 34.6 Å². The van der Waals surface area contributed by atoms with Crippen LogP contribution in [0.3, 0.4) is 0 Å². The number of aryl methyl sites for hydroxylation is 2. The number of rotatable bonds is 4. The summed E-state index contributed by atoms with van der Waals surface area (Å²) in [5.74, 6) is 0.581. The average Bonchev–Trinajstić information content (AvgIpc) is 3.64. The Bertz CT molecular complexity index is 2250. The number of nitrogens with zero attached hydrogens (tertiary/aromatic N) is 8. The highest BCUT2D eigenvalue weighted by atomic mass is 17.0. The maximum Gasteiger partial charge on any atom is 0.613 e. The molecule has 2 aliphatic heterocycles. The lowest BCUT2D eigenvalue weighted by Gasteiger charge is -2.32. The third kappa shape index (κ3) is 5.55. The SMILES string of the molecule is Cc1nn(-c2ccc([N+](=O)[O-])cc2)c2c1C=Nc1ccccc1OC1(Oc3ccccc3N=Cc3c(C)nn(-c4ccc([N+](=O)[O-])cc4)c3O1)O2. The van der Waals surface area contributed by atoms with Gasteiger partial charge in [-0.3, -0.25) is 30.2 Å². The van der Waals surface area contributed by atoms with Crippen molar-refractivity contribution in [2.45, 2.75) is 20.0 Å². The largest absolute Gasteiger partial charge is 0.613 e. The minimum atomic E-state index is -2.49. The number of aromatic nitrogens is 4. The summed E-state index contributed by atoms with van der Waals surface area (Å²) in [4.78, 5) is 31.2. The highest BCUT2D eigenvalue weighted by Crippen LogP contribution is 2.42. The quantitative estimate of drug-likeness (QED) is 0.141. The summed E-state index contributed by atoms with van der Waals surface area (Å²) in [6.45, 7) is 3.51. The molecule has 0 N–H and O–H groups in total. The topological polar surface area (TPSA) is 184 Å². The zero-order valence-electron chi connectivity index (χ0n) is 26.7. The third-order valence-electron chi connectivity index (χ3n) is 8.04. The van der Waals surface area contributed by atoms with E-state index in [1.54, 1.807) is 74.8 Å². The van der Waals surface area contributed by atoms with Crippen molar-refractivity contribution in [2.75, 3.05) is 0 Å². The number of hydrogen-bond donors (Lipinski definition) is 0. The molecule has 0 saturated heterocycles. The molecule has 0 radical (unpaired) electrons. The molecule has 8 rings (SSSR count). The van der Waals surface area contributed by atoms with Gasteiger partial charge in [-0.2, -0.15) is 19.6 Å². The lowest BCUT2D eigenvalue weighted by Crippen LogP contribution is -2.54. The van der Waals surface area contributed by atoms with E-state index in [0.29, 0.717) is 45.3 Å². The van der Waals surface area contributed by atoms with E-state index < -0.39 is 16.0 Å². The lowest BCUT2D eigenvalue weighted by atomic mass is 10.2. The van der Waals surface area contributed by atoms with Crippen LogP contribution in [0.25, 0.3) is 11.4 Å². The second kappa shape index (κ2) is 12.0. The van der Waals surface area contributed by atoms with Crippen LogP contribution in [-0.4, -0.2) is 48.0 Å². The van der Waals surface area contributed by atoms with E-state index in [4.69, 9.17) is 39.1 Å². The summed E-state index contributed by atoms with van der Waals surface area (Å²) >= 11 is 0. The summed E-state index contributed by atoms with van der Waals surface area (Å²) in [5, 5.41) is 32.2. The second-order valence-electron chi connectivity index (χ2n) is 11.3. The first kappa shape index (κ1) is 30.9.